The number of carbonyl (C=O) groups is 2. The molecule has 1 aliphatic rings. The van der Waals surface area contributed by atoms with Crippen molar-refractivity contribution in [1.29, 1.82) is 0 Å². The SMILES string of the molecule is CCCCCCN1C(=O)C(O)=C(C(C)=O)C1c1ccc(OC)c(OC)c1. The third-order valence-electron chi connectivity index (χ3n) is 4.66. The maximum Gasteiger partial charge on any atom is 0.290 e. The number of carbonyl (C=O) groups excluding carboxylic acids is 2. The third-order valence-corrected chi connectivity index (χ3v) is 4.66. The number of benzene rings is 1. The van der Waals surface area contributed by atoms with Crippen LogP contribution in [-0.2, 0) is 9.59 Å². The zero-order valence-corrected chi connectivity index (χ0v) is 15.9. The van der Waals surface area contributed by atoms with E-state index < -0.39 is 17.7 Å². The lowest BCUT2D eigenvalue weighted by atomic mass is 9.96. The Labute approximate surface area is 154 Å². The smallest absolute Gasteiger partial charge is 0.290 e. The van der Waals surface area contributed by atoms with Crippen LogP contribution in [0.2, 0.25) is 0 Å². The maximum absolute atomic E-state index is 12.6. The number of ketones is 1. The minimum Gasteiger partial charge on any atom is -0.503 e. The monoisotopic (exact) mass is 361 g/mol. The van der Waals surface area contributed by atoms with Gasteiger partial charge in [0.15, 0.2) is 23.0 Å². The molecule has 1 heterocycles. The molecule has 1 amide bonds. The van der Waals surface area contributed by atoms with Crippen molar-refractivity contribution in [1.82, 2.24) is 4.90 Å². The summed E-state index contributed by atoms with van der Waals surface area (Å²) in [5, 5.41) is 10.3. The van der Waals surface area contributed by atoms with E-state index in [2.05, 4.69) is 6.92 Å². The molecule has 0 saturated heterocycles. The molecule has 1 N–H and O–H groups in total. The van der Waals surface area contributed by atoms with Crippen molar-refractivity contribution in [2.45, 2.75) is 45.6 Å². The van der Waals surface area contributed by atoms with Crippen molar-refractivity contribution in [3.05, 3.63) is 35.1 Å². The lowest BCUT2D eigenvalue weighted by molar-refractivity contribution is -0.129. The highest BCUT2D eigenvalue weighted by molar-refractivity contribution is 6.08. The molecule has 0 radical (unpaired) electrons. The normalized spacial score (nSPS) is 17.0. The fourth-order valence-electron chi connectivity index (χ4n) is 3.32. The van der Waals surface area contributed by atoms with E-state index >= 15 is 0 Å². The summed E-state index contributed by atoms with van der Waals surface area (Å²) in [5.74, 6) is -0.184. The van der Waals surface area contributed by atoms with Gasteiger partial charge < -0.3 is 19.5 Å². The summed E-state index contributed by atoms with van der Waals surface area (Å²) in [6.07, 6.45) is 3.99. The molecule has 0 fully saturated rings. The molecule has 142 valence electrons. The van der Waals surface area contributed by atoms with E-state index in [1.807, 2.05) is 0 Å². The van der Waals surface area contributed by atoms with Gasteiger partial charge in [-0.2, -0.15) is 0 Å². The number of hydrogen-bond donors (Lipinski definition) is 1. The predicted octanol–water partition coefficient (Wildman–Crippen LogP) is 3.57. The molecule has 26 heavy (non-hydrogen) atoms. The lowest BCUT2D eigenvalue weighted by Gasteiger charge is -2.27. The van der Waals surface area contributed by atoms with Gasteiger partial charge in [-0.05, 0) is 31.0 Å². The number of ether oxygens (including phenoxy) is 2. The number of unbranched alkanes of at least 4 members (excludes halogenated alkanes) is 3. The summed E-state index contributed by atoms with van der Waals surface area (Å²) in [6.45, 7) is 3.97. The summed E-state index contributed by atoms with van der Waals surface area (Å²) in [6, 6.07) is 4.67. The van der Waals surface area contributed by atoms with Gasteiger partial charge in [-0.3, -0.25) is 9.59 Å². The molecule has 0 bridgehead atoms. The highest BCUT2D eigenvalue weighted by Gasteiger charge is 2.42. The quantitative estimate of drug-likeness (QED) is 0.681. The summed E-state index contributed by atoms with van der Waals surface area (Å²) >= 11 is 0. The minimum absolute atomic E-state index is 0.137. The molecule has 0 saturated carbocycles. The number of aliphatic hydroxyl groups excluding tert-OH is 1. The zero-order chi connectivity index (χ0) is 19.3. The van der Waals surface area contributed by atoms with E-state index in [-0.39, 0.29) is 11.4 Å². The largest absolute Gasteiger partial charge is 0.503 e. The Morgan fingerprint density at radius 1 is 1.15 bits per heavy atom. The Morgan fingerprint density at radius 2 is 1.85 bits per heavy atom. The molecular weight excluding hydrogens is 334 g/mol. The van der Waals surface area contributed by atoms with E-state index in [0.29, 0.717) is 23.6 Å². The second kappa shape index (κ2) is 8.74. The van der Waals surface area contributed by atoms with Gasteiger partial charge in [0.1, 0.15) is 0 Å². The van der Waals surface area contributed by atoms with Gasteiger partial charge in [0.05, 0.1) is 25.8 Å². The predicted molar refractivity (Wildman–Crippen MR) is 98.5 cm³/mol. The average molecular weight is 361 g/mol. The van der Waals surface area contributed by atoms with Crippen LogP contribution in [0.15, 0.2) is 29.5 Å². The number of rotatable bonds is 9. The molecule has 0 spiro atoms. The van der Waals surface area contributed by atoms with Crippen LogP contribution < -0.4 is 9.47 Å². The van der Waals surface area contributed by atoms with E-state index in [9.17, 15) is 14.7 Å². The number of Topliss-reactive ketones (excluding diaryl/α,β-unsaturated/α-hetero) is 1. The van der Waals surface area contributed by atoms with Crippen LogP contribution in [-0.4, -0.2) is 42.5 Å². The van der Waals surface area contributed by atoms with Crippen LogP contribution in [0.3, 0.4) is 0 Å². The Bertz CT molecular complexity index is 710. The molecule has 0 aromatic heterocycles. The Balaban J connectivity index is 2.41. The van der Waals surface area contributed by atoms with Crippen LogP contribution in [0, 0.1) is 0 Å². The second-order valence-electron chi connectivity index (χ2n) is 6.39. The topological polar surface area (TPSA) is 76.1 Å². The highest BCUT2D eigenvalue weighted by Crippen LogP contribution is 2.40. The molecule has 0 aliphatic carbocycles. The summed E-state index contributed by atoms with van der Waals surface area (Å²) in [4.78, 5) is 26.3. The van der Waals surface area contributed by atoms with Gasteiger partial charge >= 0.3 is 0 Å². The molecule has 2 rings (SSSR count). The first-order chi connectivity index (χ1) is 12.5. The van der Waals surface area contributed by atoms with Gasteiger partial charge in [-0.25, -0.2) is 0 Å². The second-order valence-corrected chi connectivity index (χ2v) is 6.39. The van der Waals surface area contributed by atoms with Crippen LogP contribution in [0.25, 0.3) is 0 Å². The van der Waals surface area contributed by atoms with Crippen LogP contribution in [0.4, 0.5) is 0 Å². The van der Waals surface area contributed by atoms with Crippen LogP contribution in [0.5, 0.6) is 11.5 Å². The Kier molecular flexibility index (Phi) is 6.66. The lowest BCUT2D eigenvalue weighted by Crippen LogP contribution is -2.32. The molecule has 1 atom stereocenters. The molecule has 6 heteroatoms. The Hall–Kier alpha value is -2.50. The van der Waals surface area contributed by atoms with Gasteiger partial charge in [-0.1, -0.05) is 32.3 Å². The van der Waals surface area contributed by atoms with Gasteiger partial charge in [0.25, 0.3) is 5.91 Å². The van der Waals surface area contributed by atoms with Crippen molar-refractivity contribution in [3.8, 4) is 11.5 Å². The van der Waals surface area contributed by atoms with Crippen molar-refractivity contribution in [2.24, 2.45) is 0 Å². The summed E-state index contributed by atoms with van der Waals surface area (Å²) < 4.78 is 10.6. The highest BCUT2D eigenvalue weighted by atomic mass is 16.5. The Morgan fingerprint density at radius 3 is 2.42 bits per heavy atom. The molecule has 1 unspecified atom stereocenters. The number of aliphatic hydroxyl groups is 1. The first-order valence-corrected chi connectivity index (χ1v) is 8.93. The van der Waals surface area contributed by atoms with Gasteiger partial charge in [0, 0.05) is 6.54 Å². The average Bonchev–Trinajstić information content (AvgIpc) is 2.89. The first-order valence-electron chi connectivity index (χ1n) is 8.93. The third kappa shape index (κ3) is 3.84. The molecule has 1 aliphatic heterocycles. The van der Waals surface area contributed by atoms with E-state index in [0.717, 1.165) is 25.7 Å². The van der Waals surface area contributed by atoms with Crippen molar-refractivity contribution in [2.75, 3.05) is 20.8 Å². The van der Waals surface area contributed by atoms with Crippen LogP contribution >= 0.6 is 0 Å². The fourth-order valence-corrected chi connectivity index (χ4v) is 3.32. The zero-order valence-electron chi connectivity index (χ0n) is 15.9. The standard InChI is InChI=1S/C20H27NO5/c1-5-6-7-8-11-21-18(17(13(2)22)19(23)20(21)24)14-9-10-15(25-3)16(12-14)26-4/h9-10,12,18,23H,5-8,11H2,1-4H3. The summed E-state index contributed by atoms with van der Waals surface area (Å²) in [7, 11) is 3.08. The van der Waals surface area contributed by atoms with Gasteiger partial charge in [-0.15, -0.1) is 0 Å². The number of nitrogens with zero attached hydrogens (tertiary/aromatic N) is 1. The molecule has 6 nitrogen and oxygen atoms in total. The number of amides is 1. The van der Waals surface area contributed by atoms with Crippen molar-refractivity contribution < 1.29 is 24.2 Å². The van der Waals surface area contributed by atoms with E-state index in [1.54, 1.807) is 30.2 Å². The van der Waals surface area contributed by atoms with E-state index in [4.69, 9.17) is 9.47 Å². The van der Waals surface area contributed by atoms with E-state index in [1.165, 1.54) is 14.0 Å². The van der Waals surface area contributed by atoms with Crippen molar-refractivity contribution >= 4 is 11.7 Å². The first kappa shape index (κ1) is 19.8. The number of methoxy groups -OCH3 is 2. The van der Waals surface area contributed by atoms with Crippen molar-refractivity contribution in [3.63, 3.8) is 0 Å². The summed E-state index contributed by atoms with van der Waals surface area (Å²) in [5.41, 5.74) is 0.846. The number of hydrogen-bond acceptors (Lipinski definition) is 5. The van der Waals surface area contributed by atoms with Crippen LogP contribution in [0.1, 0.15) is 51.1 Å². The fraction of sp³-hybridized carbons (Fsp3) is 0.500. The van der Waals surface area contributed by atoms with Gasteiger partial charge in [0.2, 0.25) is 0 Å². The maximum atomic E-state index is 12.6. The molecule has 1 aromatic carbocycles. The molecule has 1 aromatic rings. The minimum atomic E-state index is -0.610. The molecular formula is C20H27NO5.